The highest BCUT2D eigenvalue weighted by molar-refractivity contribution is 8.01. The van der Waals surface area contributed by atoms with E-state index in [0.717, 1.165) is 13.1 Å². The molecule has 0 saturated heterocycles. The fourth-order valence-electron chi connectivity index (χ4n) is 1.75. The molecule has 0 spiro atoms. The van der Waals surface area contributed by atoms with Gasteiger partial charge in [0, 0.05) is 25.0 Å². The minimum atomic E-state index is 0.772. The second-order valence-corrected chi connectivity index (χ2v) is 4.83. The average molecular weight is 254 g/mol. The molecule has 0 unspecified atom stereocenters. The van der Waals surface area contributed by atoms with Crippen LogP contribution in [0.15, 0.2) is 60.7 Å². The zero-order valence-corrected chi connectivity index (χ0v) is 10.8. The van der Waals surface area contributed by atoms with Gasteiger partial charge in [0.05, 0.1) is 0 Å². The summed E-state index contributed by atoms with van der Waals surface area (Å²) in [5.41, 5.74) is 2.44. The SMILES string of the molecule is N#CSN(Cc1ccccc1)Cc1ccccc1. The molecule has 3 heteroatoms. The summed E-state index contributed by atoms with van der Waals surface area (Å²) in [5, 5.41) is 11.0. The lowest BCUT2D eigenvalue weighted by Gasteiger charge is -2.17. The van der Waals surface area contributed by atoms with Gasteiger partial charge in [-0.3, -0.25) is 0 Å². The van der Waals surface area contributed by atoms with E-state index in [1.54, 1.807) is 0 Å². The minimum absolute atomic E-state index is 0.772. The van der Waals surface area contributed by atoms with E-state index in [1.807, 2.05) is 36.4 Å². The lowest BCUT2D eigenvalue weighted by Crippen LogP contribution is -2.14. The van der Waals surface area contributed by atoms with E-state index >= 15 is 0 Å². The molecule has 0 saturated carbocycles. The van der Waals surface area contributed by atoms with Gasteiger partial charge in [-0.1, -0.05) is 60.7 Å². The van der Waals surface area contributed by atoms with Crippen LogP contribution < -0.4 is 0 Å². The van der Waals surface area contributed by atoms with E-state index in [0.29, 0.717) is 0 Å². The van der Waals surface area contributed by atoms with Gasteiger partial charge in [0.1, 0.15) is 5.40 Å². The van der Waals surface area contributed by atoms with Crippen molar-refractivity contribution >= 4 is 11.9 Å². The van der Waals surface area contributed by atoms with Crippen LogP contribution in [0.3, 0.4) is 0 Å². The van der Waals surface area contributed by atoms with E-state index in [9.17, 15) is 0 Å². The van der Waals surface area contributed by atoms with E-state index in [2.05, 4.69) is 34.0 Å². The summed E-state index contributed by atoms with van der Waals surface area (Å²) in [5.74, 6) is 0. The van der Waals surface area contributed by atoms with Gasteiger partial charge in [-0.25, -0.2) is 4.31 Å². The van der Waals surface area contributed by atoms with Crippen molar-refractivity contribution in [2.45, 2.75) is 13.1 Å². The molecule has 2 nitrogen and oxygen atoms in total. The highest BCUT2D eigenvalue weighted by Crippen LogP contribution is 2.17. The largest absolute Gasteiger partial charge is 0.229 e. The molecule has 2 rings (SSSR count). The third-order valence-corrected chi connectivity index (χ3v) is 3.17. The monoisotopic (exact) mass is 254 g/mol. The number of nitriles is 1. The molecule has 2 aromatic carbocycles. The number of rotatable bonds is 5. The molecule has 0 aliphatic rings. The molecule has 0 fully saturated rings. The first-order valence-corrected chi connectivity index (χ1v) is 6.54. The van der Waals surface area contributed by atoms with Crippen molar-refractivity contribution in [3.8, 4) is 5.40 Å². The first kappa shape index (κ1) is 12.7. The molecule has 18 heavy (non-hydrogen) atoms. The lowest BCUT2D eigenvalue weighted by molar-refractivity contribution is 0.465. The first-order valence-electron chi connectivity index (χ1n) is 5.77. The number of nitrogens with zero attached hydrogens (tertiary/aromatic N) is 2. The zero-order chi connectivity index (χ0) is 12.6. The van der Waals surface area contributed by atoms with Crippen molar-refractivity contribution in [1.29, 1.82) is 5.26 Å². The van der Waals surface area contributed by atoms with Crippen LogP contribution in [-0.2, 0) is 13.1 Å². The number of hydrogen-bond donors (Lipinski definition) is 0. The van der Waals surface area contributed by atoms with Crippen molar-refractivity contribution in [3.63, 3.8) is 0 Å². The van der Waals surface area contributed by atoms with Gasteiger partial charge in [0.15, 0.2) is 0 Å². The van der Waals surface area contributed by atoms with Gasteiger partial charge in [0.2, 0.25) is 0 Å². The molecule has 0 N–H and O–H groups in total. The molecule has 0 aliphatic heterocycles. The van der Waals surface area contributed by atoms with E-state index < -0.39 is 0 Å². The Kier molecular flexibility index (Phi) is 4.83. The van der Waals surface area contributed by atoms with Gasteiger partial charge in [0.25, 0.3) is 0 Å². The average Bonchev–Trinajstić information content (AvgIpc) is 2.41. The number of hydrogen-bond acceptors (Lipinski definition) is 3. The summed E-state index contributed by atoms with van der Waals surface area (Å²) in [4.78, 5) is 0. The molecule has 0 atom stereocenters. The summed E-state index contributed by atoms with van der Waals surface area (Å²) < 4.78 is 2.06. The second-order valence-electron chi connectivity index (χ2n) is 3.95. The minimum Gasteiger partial charge on any atom is -0.229 e. The van der Waals surface area contributed by atoms with Crippen molar-refractivity contribution in [2.75, 3.05) is 0 Å². The van der Waals surface area contributed by atoms with Crippen LogP contribution in [0.4, 0.5) is 0 Å². The summed E-state index contributed by atoms with van der Waals surface area (Å²) in [6.45, 7) is 1.54. The molecule has 0 amide bonds. The predicted molar refractivity (Wildman–Crippen MR) is 75.3 cm³/mol. The van der Waals surface area contributed by atoms with Gasteiger partial charge < -0.3 is 0 Å². The molecule has 0 aromatic heterocycles. The van der Waals surface area contributed by atoms with Crippen LogP contribution >= 0.6 is 11.9 Å². The molecular formula is C15H14N2S. The fourth-order valence-corrected chi connectivity index (χ4v) is 2.30. The Bertz CT molecular complexity index is 464. The fraction of sp³-hybridized carbons (Fsp3) is 0.133. The number of benzene rings is 2. The molecule has 0 heterocycles. The highest BCUT2D eigenvalue weighted by atomic mass is 32.2. The Balaban J connectivity index is 2.03. The number of thiocyanates is 1. The lowest BCUT2D eigenvalue weighted by atomic mass is 10.2. The standard InChI is InChI=1S/C15H14N2S/c16-13-18-17(11-14-7-3-1-4-8-14)12-15-9-5-2-6-10-15/h1-10H,11-12H2. The first-order chi connectivity index (χ1) is 8.88. The maximum atomic E-state index is 8.86. The second kappa shape index (κ2) is 6.85. The van der Waals surface area contributed by atoms with Crippen molar-refractivity contribution < 1.29 is 0 Å². The smallest absolute Gasteiger partial charge is 0.150 e. The normalized spacial score (nSPS) is 10.2. The summed E-state index contributed by atoms with van der Waals surface area (Å²) in [6, 6.07) is 20.4. The molecule has 0 bridgehead atoms. The van der Waals surface area contributed by atoms with Crippen LogP contribution in [0.25, 0.3) is 0 Å². The Morgan fingerprint density at radius 3 is 1.67 bits per heavy atom. The predicted octanol–water partition coefficient (Wildman–Crippen LogP) is 3.82. The van der Waals surface area contributed by atoms with Gasteiger partial charge >= 0.3 is 0 Å². The van der Waals surface area contributed by atoms with E-state index in [1.165, 1.54) is 23.1 Å². The maximum absolute atomic E-state index is 8.86. The van der Waals surface area contributed by atoms with Crippen LogP contribution in [0, 0.1) is 10.7 Å². The van der Waals surface area contributed by atoms with Crippen LogP contribution in [0.2, 0.25) is 0 Å². The molecule has 0 radical (unpaired) electrons. The Labute approximate surface area is 112 Å². The summed E-state index contributed by atoms with van der Waals surface area (Å²) in [6.07, 6.45) is 0. The van der Waals surface area contributed by atoms with E-state index in [-0.39, 0.29) is 0 Å². The van der Waals surface area contributed by atoms with Gasteiger partial charge in [-0.15, -0.1) is 0 Å². The summed E-state index contributed by atoms with van der Waals surface area (Å²) >= 11 is 1.20. The maximum Gasteiger partial charge on any atom is 0.150 e. The Morgan fingerprint density at radius 1 is 0.833 bits per heavy atom. The molecule has 2 aromatic rings. The topological polar surface area (TPSA) is 27.0 Å². The zero-order valence-electron chi connectivity index (χ0n) is 9.99. The van der Waals surface area contributed by atoms with Crippen LogP contribution in [0.1, 0.15) is 11.1 Å². The van der Waals surface area contributed by atoms with Crippen molar-refractivity contribution in [1.82, 2.24) is 4.31 Å². The Morgan fingerprint density at radius 2 is 1.28 bits per heavy atom. The van der Waals surface area contributed by atoms with Crippen LogP contribution in [-0.4, -0.2) is 4.31 Å². The summed E-state index contributed by atoms with van der Waals surface area (Å²) in [7, 11) is 0. The van der Waals surface area contributed by atoms with Gasteiger partial charge in [-0.2, -0.15) is 5.26 Å². The molecule has 90 valence electrons. The third kappa shape index (κ3) is 3.92. The van der Waals surface area contributed by atoms with E-state index in [4.69, 9.17) is 5.26 Å². The van der Waals surface area contributed by atoms with Crippen LogP contribution in [0.5, 0.6) is 0 Å². The Hall–Kier alpha value is -1.76. The van der Waals surface area contributed by atoms with Gasteiger partial charge in [-0.05, 0) is 11.1 Å². The quantitative estimate of drug-likeness (QED) is 0.599. The third-order valence-electron chi connectivity index (χ3n) is 2.57. The van der Waals surface area contributed by atoms with Crippen molar-refractivity contribution in [2.24, 2.45) is 0 Å². The van der Waals surface area contributed by atoms with Crippen molar-refractivity contribution in [3.05, 3.63) is 71.8 Å². The molecule has 0 aliphatic carbocycles. The highest BCUT2D eigenvalue weighted by Gasteiger charge is 2.07. The molecular weight excluding hydrogens is 240 g/mol.